The first-order chi connectivity index (χ1) is 42.2. The molecule has 30 heteroatoms. The van der Waals surface area contributed by atoms with Crippen LogP contribution in [0.5, 0.6) is 0 Å². The summed E-state index contributed by atoms with van der Waals surface area (Å²) in [6.45, 7) is 12.0. The second-order valence-electron chi connectivity index (χ2n) is 24.1. The first kappa shape index (κ1) is 72.7. The SMILES string of the molecule is CCC1OC2OC3C(CC)OC(OC4C(CC)OC(OC5C(CC)OC(OC6C(CC)OC(OC7C(CC)OC(OC8C(CC)OC(OC1C(O)C2O)C(O)C8O)C(O)C7O)C(O)C6O)C(OCCCSCCCCCC=O)C5O)C(O)C4O)C(O)C3O. The quantitative estimate of drug-likeness (QED) is 0.0503. The van der Waals surface area contributed by atoms with Crippen molar-refractivity contribution in [1.82, 2.24) is 0 Å². The Hall–Kier alpha value is -1.10. The molecule has 0 radical (unpaired) electrons. The number of ether oxygens (including phenoxy) is 15. The molecule has 13 N–H and O–H groups in total. The summed E-state index contributed by atoms with van der Waals surface area (Å²) in [5, 5.41) is 153. The average Bonchev–Trinajstić information content (AvgIpc) is 1.57. The topological polar surface area (TPSA) is 419 Å². The molecule has 14 bridgehead atoms. The van der Waals surface area contributed by atoms with Crippen molar-refractivity contribution in [2.45, 2.75) is 340 Å². The molecule has 29 nitrogen and oxygen atoms in total. The van der Waals surface area contributed by atoms with Crippen LogP contribution in [0.3, 0.4) is 0 Å². The lowest BCUT2D eigenvalue weighted by Crippen LogP contribution is -2.67. The zero-order valence-electron chi connectivity index (χ0n) is 51.1. The molecule has 21 aliphatic rings. The third-order valence-corrected chi connectivity index (χ3v) is 19.3. The predicted octanol–water partition coefficient (Wildman–Crippen LogP) is -2.40. The van der Waals surface area contributed by atoms with Crippen molar-refractivity contribution in [3.8, 4) is 0 Å². The lowest BCUT2D eigenvalue weighted by atomic mass is 9.93. The van der Waals surface area contributed by atoms with Crippen LogP contribution in [0.1, 0.15) is 126 Å². The van der Waals surface area contributed by atoms with Crippen LogP contribution in [0.25, 0.3) is 0 Å². The molecule has 21 rings (SSSR count). The van der Waals surface area contributed by atoms with Gasteiger partial charge in [-0.25, -0.2) is 0 Å². The molecule has 0 saturated carbocycles. The Kier molecular flexibility index (Phi) is 27.7. The van der Waals surface area contributed by atoms with E-state index in [2.05, 4.69) is 0 Å². The number of aliphatic hydroxyl groups excluding tert-OH is 13. The van der Waals surface area contributed by atoms with Crippen molar-refractivity contribution >= 4 is 18.0 Å². The largest absolute Gasteiger partial charge is 0.387 e. The Morgan fingerprint density at radius 2 is 0.534 bits per heavy atom. The maximum Gasteiger partial charge on any atom is 0.187 e. The number of rotatable bonds is 18. The minimum absolute atomic E-state index is 0.0761. The molecule has 0 aromatic rings. The van der Waals surface area contributed by atoms with Gasteiger partial charge in [-0.1, -0.05) is 54.9 Å². The third-order valence-electron chi connectivity index (χ3n) is 18.2. The second-order valence-corrected chi connectivity index (χ2v) is 25.3. The Labute approximate surface area is 517 Å². The molecule has 35 unspecified atom stereocenters. The summed E-state index contributed by atoms with van der Waals surface area (Å²) in [6.07, 6.45) is -48.5. The molecule has 21 aliphatic heterocycles. The highest BCUT2D eigenvalue weighted by atomic mass is 32.2. The van der Waals surface area contributed by atoms with Crippen molar-refractivity contribution < 1.29 is 142 Å². The maximum atomic E-state index is 12.4. The highest BCUT2D eigenvalue weighted by molar-refractivity contribution is 7.99. The maximum absolute atomic E-state index is 12.4. The van der Waals surface area contributed by atoms with Gasteiger partial charge in [0.05, 0.1) is 42.7 Å². The third kappa shape index (κ3) is 16.1. The number of hydrogen-bond donors (Lipinski definition) is 13. The molecular formula is C58H100O29S. The number of carbonyl (C=O) groups excluding carboxylic acids is 1. The second kappa shape index (κ2) is 33.5. The van der Waals surface area contributed by atoms with E-state index in [1.807, 2.05) is 0 Å². The van der Waals surface area contributed by atoms with E-state index in [0.717, 1.165) is 31.3 Å². The van der Waals surface area contributed by atoms with Crippen LogP contribution in [0.4, 0.5) is 0 Å². The lowest BCUT2D eigenvalue weighted by Gasteiger charge is -2.51. The number of thioether (sulfide) groups is 1. The number of aliphatic hydroxyl groups is 13. The van der Waals surface area contributed by atoms with Crippen molar-refractivity contribution in [3.63, 3.8) is 0 Å². The van der Waals surface area contributed by atoms with E-state index in [1.54, 1.807) is 60.2 Å². The predicted molar refractivity (Wildman–Crippen MR) is 301 cm³/mol. The monoisotopic (exact) mass is 1290 g/mol. The lowest BCUT2D eigenvalue weighted by molar-refractivity contribution is -0.395. The Morgan fingerprint density at radius 3 is 0.795 bits per heavy atom. The van der Waals surface area contributed by atoms with E-state index in [1.165, 1.54) is 0 Å². The van der Waals surface area contributed by atoms with Gasteiger partial charge in [-0.3, -0.25) is 0 Å². The van der Waals surface area contributed by atoms with E-state index >= 15 is 0 Å². The van der Waals surface area contributed by atoms with Gasteiger partial charge in [-0.2, -0.15) is 11.8 Å². The summed E-state index contributed by atoms with van der Waals surface area (Å²) in [5.41, 5.74) is 0. The summed E-state index contributed by atoms with van der Waals surface area (Å²) in [7, 11) is 0. The summed E-state index contributed by atoms with van der Waals surface area (Å²) in [5.74, 6) is 1.52. The van der Waals surface area contributed by atoms with Crippen LogP contribution in [0.2, 0.25) is 0 Å². The van der Waals surface area contributed by atoms with Crippen LogP contribution in [-0.4, -0.2) is 306 Å². The van der Waals surface area contributed by atoms with Gasteiger partial charge in [0.25, 0.3) is 0 Å². The minimum atomic E-state index is -1.90. The number of unbranched alkanes of at least 4 members (excludes halogenated alkanes) is 3. The molecule has 21 saturated heterocycles. The fourth-order valence-electron chi connectivity index (χ4n) is 12.9. The molecule has 21 fully saturated rings. The molecule has 0 spiro atoms. The fourth-order valence-corrected chi connectivity index (χ4v) is 13.9. The smallest absolute Gasteiger partial charge is 0.187 e. The summed E-state index contributed by atoms with van der Waals surface area (Å²) < 4.78 is 93.9. The molecule has 88 heavy (non-hydrogen) atoms. The summed E-state index contributed by atoms with van der Waals surface area (Å²) in [4.78, 5) is 10.8. The highest BCUT2D eigenvalue weighted by Crippen LogP contribution is 2.41. The number of carbonyl (C=O) groups is 1. The highest BCUT2D eigenvalue weighted by Gasteiger charge is 2.59. The Morgan fingerprint density at radius 1 is 0.295 bits per heavy atom. The molecule has 0 aromatic heterocycles. The number of aldehydes is 1. The van der Waals surface area contributed by atoms with Crippen LogP contribution in [0.15, 0.2) is 0 Å². The molecule has 35 atom stereocenters. The molecule has 0 aromatic carbocycles. The van der Waals surface area contributed by atoms with E-state index in [0.29, 0.717) is 18.6 Å². The van der Waals surface area contributed by atoms with Gasteiger partial charge in [0.15, 0.2) is 44.0 Å². The van der Waals surface area contributed by atoms with Crippen molar-refractivity contribution in [2.24, 2.45) is 0 Å². The van der Waals surface area contributed by atoms with E-state index in [4.69, 9.17) is 71.1 Å². The van der Waals surface area contributed by atoms with Gasteiger partial charge in [0, 0.05) is 13.0 Å². The standard InChI is InChI=1S/C58H100O29S/c1-8-24-44-31(60)37(66)53(74-24)82-46-26(10-3)76-55(39(68)33(46)62)84-48-28(12-5)78-57(41(70)35(48)64)86-50-30(14-7)80-58(51(43(50)72)73-21-19-23-88-22-18-16-15-17-20-59)87-49-29(13-6)79-56(42(71)36(49)65)85-47-27(11-4)77-54(40(69)34(47)63)83-45-25(9-2)75-52(81-44)38(67)32(45)61/h20,24-58,60-72H,8-19,21-23H2,1-7H3. The molecule has 0 amide bonds. The molecular weight excluding hydrogens is 1190 g/mol. The minimum Gasteiger partial charge on any atom is -0.387 e. The molecule has 21 heterocycles. The molecule has 0 aliphatic carbocycles. The first-order valence-electron chi connectivity index (χ1n) is 31.8. The Bertz CT molecular complexity index is 2050. The van der Waals surface area contributed by atoms with Gasteiger partial charge in [0.1, 0.15) is 134 Å². The fraction of sp³-hybridized carbons (Fsp3) is 0.983. The van der Waals surface area contributed by atoms with Crippen molar-refractivity contribution in [2.75, 3.05) is 18.1 Å². The number of hydrogen-bond acceptors (Lipinski definition) is 30. The van der Waals surface area contributed by atoms with Crippen molar-refractivity contribution in [3.05, 3.63) is 0 Å². The van der Waals surface area contributed by atoms with Crippen LogP contribution < -0.4 is 0 Å². The van der Waals surface area contributed by atoms with E-state index < -0.39 is 215 Å². The van der Waals surface area contributed by atoms with Gasteiger partial charge in [-0.05, 0) is 75.7 Å². The van der Waals surface area contributed by atoms with Gasteiger partial charge >= 0.3 is 0 Å². The van der Waals surface area contributed by atoms with Gasteiger partial charge < -0.3 is 142 Å². The van der Waals surface area contributed by atoms with E-state index in [-0.39, 0.29) is 51.6 Å². The summed E-state index contributed by atoms with van der Waals surface area (Å²) in [6, 6.07) is 0. The summed E-state index contributed by atoms with van der Waals surface area (Å²) >= 11 is 1.69. The van der Waals surface area contributed by atoms with Crippen molar-refractivity contribution in [1.29, 1.82) is 0 Å². The normalized spacial score (nSPS) is 49.9. The zero-order valence-corrected chi connectivity index (χ0v) is 52.0. The van der Waals surface area contributed by atoms with Gasteiger partial charge in [-0.15, -0.1) is 0 Å². The average molecular weight is 1290 g/mol. The van der Waals surface area contributed by atoms with Crippen LogP contribution in [-0.2, 0) is 75.8 Å². The van der Waals surface area contributed by atoms with E-state index in [9.17, 15) is 71.2 Å². The van der Waals surface area contributed by atoms with Crippen LogP contribution in [0, 0.1) is 0 Å². The first-order valence-corrected chi connectivity index (χ1v) is 33.0. The zero-order chi connectivity index (χ0) is 63.8. The van der Waals surface area contributed by atoms with Crippen LogP contribution >= 0.6 is 11.8 Å². The van der Waals surface area contributed by atoms with Gasteiger partial charge in [0.2, 0.25) is 0 Å². The Balaban J connectivity index is 1.08. The molecule has 512 valence electrons.